The monoisotopic (exact) mass is 275 g/mol. The van der Waals surface area contributed by atoms with Gasteiger partial charge in [-0.05, 0) is 18.8 Å². The van der Waals surface area contributed by atoms with E-state index >= 15 is 0 Å². The van der Waals surface area contributed by atoms with Crippen molar-refractivity contribution in [3.8, 4) is 0 Å². The highest BCUT2D eigenvalue weighted by atomic mass is 79.9. The van der Waals surface area contributed by atoms with E-state index < -0.39 is 0 Å². The minimum atomic E-state index is -0.0429. The van der Waals surface area contributed by atoms with Crippen LogP contribution in [0.2, 0.25) is 0 Å². The van der Waals surface area contributed by atoms with Crippen molar-refractivity contribution in [2.24, 2.45) is 5.92 Å². The standard InChI is InChI=1S/C11H18BrNO2/c1-7(2)10(12)11(14)13-8-3-4-9(13)6-15-5-8/h7-10H,3-6H2,1-2H3. The molecule has 2 rings (SSSR count). The largest absolute Gasteiger partial charge is 0.377 e. The van der Waals surface area contributed by atoms with Crippen molar-refractivity contribution in [1.82, 2.24) is 4.90 Å². The number of carbonyl (C=O) groups excluding carboxylic acids is 1. The maximum atomic E-state index is 12.2. The molecule has 0 radical (unpaired) electrons. The van der Waals surface area contributed by atoms with Crippen molar-refractivity contribution in [1.29, 1.82) is 0 Å². The molecule has 0 aromatic carbocycles. The van der Waals surface area contributed by atoms with E-state index in [0.717, 1.165) is 26.1 Å². The zero-order valence-electron chi connectivity index (χ0n) is 9.28. The van der Waals surface area contributed by atoms with Crippen LogP contribution in [-0.4, -0.2) is 40.9 Å². The molecule has 0 saturated carbocycles. The van der Waals surface area contributed by atoms with E-state index in [-0.39, 0.29) is 10.7 Å². The molecule has 4 heteroatoms. The molecule has 2 fully saturated rings. The summed E-state index contributed by atoms with van der Waals surface area (Å²) in [5, 5.41) is 0. The Hall–Kier alpha value is -0.0900. The average molecular weight is 276 g/mol. The Kier molecular flexibility index (Phi) is 3.36. The summed E-state index contributed by atoms with van der Waals surface area (Å²) < 4.78 is 5.47. The van der Waals surface area contributed by atoms with Gasteiger partial charge in [0.2, 0.25) is 5.91 Å². The first-order valence-corrected chi connectivity index (χ1v) is 6.57. The number of nitrogens with zero attached hydrogens (tertiary/aromatic N) is 1. The Bertz CT molecular complexity index is 241. The fraction of sp³-hybridized carbons (Fsp3) is 0.909. The van der Waals surface area contributed by atoms with Gasteiger partial charge in [-0.1, -0.05) is 29.8 Å². The maximum absolute atomic E-state index is 12.2. The van der Waals surface area contributed by atoms with Gasteiger partial charge in [-0.15, -0.1) is 0 Å². The maximum Gasteiger partial charge on any atom is 0.237 e. The molecule has 86 valence electrons. The van der Waals surface area contributed by atoms with Crippen LogP contribution in [0.1, 0.15) is 26.7 Å². The van der Waals surface area contributed by atoms with Crippen LogP contribution in [0.5, 0.6) is 0 Å². The molecule has 1 amide bonds. The first-order chi connectivity index (χ1) is 7.11. The number of hydrogen-bond acceptors (Lipinski definition) is 2. The van der Waals surface area contributed by atoms with Crippen LogP contribution in [0.4, 0.5) is 0 Å². The van der Waals surface area contributed by atoms with Crippen molar-refractivity contribution >= 4 is 21.8 Å². The predicted molar refractivity (Wildman–Crippen MR) is 62.0 cm³/mol. The summed E-state index contributed by atoms with van der Waals surface area (Å²) in [6.07, 6.45) is 2.21. The minimum Gasteiger partial charge on any atom is -0.377 e. The second-order valence-electron chi connectivity index (χ2n) is 4.81. The van der Waals surface area contributed by atoms with Gasteiger partial charge in [0.15, 0.2) is 0 Å². The highest BCUT2D eigenvalue weighted by Gasteiger charge is 2.42. The Morgan fingerprint density at radius 1 is 1.33 bits per heavy atom. The molecule has 3 atom stereocenters. The lowest BCUT2D eigenvalue weighted by Gasteiger charge is -2.36. The van der Waals surface area contributed by atoms with Crippen LogP contribution < -0.4 is 0 Å². The summed E-state index contributed by atoms with van der Waals surface area (Å²) in [7, 11) is 0. The fourth-order valence-electron chi connectivity index (χ4n) is 2.42. The van der Waals surface area contributed by atoms with E-state index in [1.807, 2.05) is 0 Å². The SMILES string of the molecule is CC(C)C(Br)C(=O)N1C2CCC1COC2. The molecule has 2 bridgehead atoms. The molecule has 2 aliphatic heterocycles. The number of carbonyl (C=O) groups is 1. The van der Waals surface area contributed by atoms with Crippen LogP contribution >= 0.6 is 15.9 Å². The average Bonchev–Trinajstić information content (AvgIpc) is 2.46. The molecular formula is C11H18BrNO2. The van der Waals surface area contributed by atoms with Gasteiger partial charge in [-0.25, -0.2) is 0 Å². The molecule has 15 heavy (non-hydrogen) atoms. The van der Waals surface area contributed by atoms with Gasteiger partial charge in [0, 0.05) is 0 Å². The van der Waals surface area contributed by atoms with Crippen LogP contribution in [0.15, 0.2) is 0 Å². The van der Waals surface area contributed by atoms with Crippen LogP contribution in [0.25, 0.3) is 0 Å². The summed E-state index contributed by atoms with van der Waals surface area (Å²) >= 11 is 3.49. The van der Waals surface area contributed by atoms with Gasteiger partial charge in [-0.2, -0.15) is 0 Å². The topological polar surface area (TPSA) is 29.5 Å². The van der Waals surface area contributed by atoms with E-state index in [1.54, 1.807) is 0 Å². The summed E-state index contributed by atoms with van der Waals surface area (Å²) in [5.41, 5.74) is 0. The second-order valence-corrected chi connectivity index (χ2v) is 5.80. The van der Waals surface area contributed by atoms with Gasteiger partial charge >= 0.3 is 0 Å². The smallest absolute Gasteiger partial charge is 0.237 e. The summed E-state index contributed by atoms with van der Waals surface area (Å²) in [6, 6.07) is 0.657. The molecule has 0 spiro atoms. The number of halogens is 1. The lowest BCUT2D eigenvalue weighted by atomic mass is 10.1. The Labute approximate surface area is 99.3 Å². The van der Waals surface area contributed by atoms with Crippen molar-refractivity contribution in [3.63, 3.8) is 0 Å². The van der Waals surface area contributed by atoms with E-state index in [2.05, 4.69) is 34.7 Å². The number of ether oxygens (including phenoxy) is 1. The van der Waals surface area contributed by atoms with Gasteiger partial charge < -0.3 is 9.64 Å². The number of alkyl halides is 1. The minimum absolute atomic E-state index is 0.0429. The molecule has 3 unspecified atom stereocenters. The van der Waals surface area contributed by atoms with Crippen molar-refractivity contribution in [3.05, 3.63) is 0 Å². The molecule has 0 aromatic rings. The number of fused-ring (bicyclic) bond motifs is 2. The van der Waals surface area contributed by atoms with Gasteiger partial charge in [-0.3, -0.25) is 4.79 Å². The number of morpholine rings is 1. The fourth-order valence-corrected chi connectivity index (χ4v) is 2.65. The third kappa shape index (κ3) is 2.07. The van der Waals surface area contributed by atoms with Crippen LogP contribution in [-0.2, 0) is 9.53 Å². The van der Waals surface area contributed by atoms with Crippen molar-refractivity contribution in [2.45, 2.75) is 43.6 Å². The predicted octanol–water partition coefficient (Wildman–Crippen LogP) is 1.80. The van der Waals surface area contributed by atoms with Crippen LogP contribution in [0.3, 0.4) is 0 Å². The quantitative estimate of drug-likeness (QED) is 0.720. The first-order valence-electron chi connectivity index (χ1n) is 5.65. The van der Waals surface area contributed by atoms with Gasteiger partial charge in [0.25, 0.3) is 0 Å². The Morgan fingerprint density at radius 2 is 1.87 bits per heavy atom. The zero-order valence-corrected chi connectivity index (χ0v) is 10.9. The lowest BCUT2D eigenvalue weighted by Crippen LogP contribution is -2.52. The van der Waals surface area contributed by atoms with Crippen LogP contribution in [0, 0.1) is 5.92 Å². The first kappa shape index (κ1) is 11.4. The third-order valence-electron chi connectivity index (χ3n) is 3.32. The molecule has 3 nitrogen and oxygen atoms in total. The molecule has 0 aliphatic carbocycles. The van der Waals surface area contributed by atoms with E-state index in [9.17, 15) is 4.79 Å². The van der Waals surface area contributed by atoms with E-state index in [4.69, 9.17) is 4.74 Å². The highest BCUT2D eigenvalue weighted by Crippen LogP contribution is 2.31. The molecule has 2 aliphatic rings. The van der Waals surface area contributed by atoms with E-state index in [0.29, 0.717) is 18.0 Å². The molecule has 0 N–H and O–H groups in total. The van der Waals surface area contributed by atoms with Gasteiger partial charge in [0.05, 0.1) is 30.1 Å². The summed E-state index contributed by atoms with van der Waals surface area (Å²) in [5.74, 6) is 0.598. The molecular weight excluding hydrogens is 258 g/mol. The molecule has 2 saturated heterocycles. The van der Waals surface area contributed by atoms with Gasteiger partial charge in [0.1, 0.15) is 0 Å². The second kappa shape index (κ2) is 4.42. The molecule has 0 aromatic heterocycles. The summed E-state index contributed by atoms with van der Waals surface area (Å²) in [6.45, 7) is 5.58. The van der Waals surface area contributed by atoms with E-state index in [1.165, 1.54) is 0 Å². The Morgan fingerprint density at radius 3 is 2.33 bits per heavy atom. The number of hydrogen-bond donors (Lipinski definition) is 0. The highest BCUT2D eigenvalue weighted by molar-refractivity contribution is 9.10. The zero-order chi connectivity index (χ0) is 11.0. The van der Waals surface area contributed by atoms with Crippen molar-refractivity contribution in [2.75, 3.05) is 13.2 Å². The normalized spacial score (nSPS) is 32.1. The summed E-state index contributed by atoms with van der Waals surface area (Å²) in [4.78, 5) is 14.2. The lowest BCUT2D eigenvalue weighted by molar-refractivity contribution is -0.140. The number of rotatable bonds is 2. The number of amides is 1. The third-order valence-corrected chi connectivity index (χ3v) is 4.77. The Balaban J connectivity index is 2.07. The molecule has 2 heterocycles. The van der Waals surface area contributed by atoms with Crippen molar-refractivity contribution < 1.29 is 9.53 Å².